The molecule has 1 amide bonds. The Kier molecular flexibility index (Phi) is 7.90. The molecule has 0 atom stereocenters. The van der Waals surface area contributed by atoms with Crippen LogP contribution in [0.15, 0.2) is 29.2 Å². The molecule has 0 saturated heterocycles. The summed E-state index contributed by atoms with van der Waals surface area (Å²) in [6.45, 7) is -1.14. The maximum atomic E-state index is 12.5. The lowest BCUT2D eigenvalue weighted by atomic mass is 10.1. The molecule has 170 valence electrons. The van der Waals surface area contributed by atoms with Crippen molar-refractivity contribution in [2.24, 2.45) is 0 Å². The molecule has 1 N–H and O–H groups in total. The van der Waals surface area contributed by atoms with E-state index < -0.39 is 35.1 Å². The van der Waals surface area contributed by atoms with E-state index in [1.54, 1.807) is 0 Å². The molecular formula is C21H22ClN3O5S2. The Balaban J connectivity index is 1.56. The van der Waals surface area contributed by atoms with Crippen LogP contribution in [0.25, 0.3) is 0 Å². The monoisotopic (exact) mass is 495 g/mol. The van der Waals surface area contributed by atoms with Gasteiger partial charge in [0.25, 0.3) is 5.91 Å². The molecule has 32 heavy (non-hydrogen) atoms. The third kappa shape index (κ3) is 5.66. The lowest BCUT2D eigenvalue weighted by Gasteiger charge is -2.16. The SMILES string of the molecule is CN(CC(=O)OCC(=O)Nc1sc2c(c1C#N)CCCCC2)S(=O)(=O)c1ccc(Cl)cc1. The number of nitrogens with one attached hydrogen (secondary N) is 1. The van der Waals surface area contributed by atoms with Crippen molar-refractivity contribution in [2.75, 3.05) is 25.5 Å². The smallest absolute Gasteiger partial charge is 0.321 e. The van der Waals surface area contributed by atoms with Gasteiger partial charge in [-0.1, -0.05) is 18.0 Å². The minimum absolute atomic E-state index is 0.0172. The molecule has 0 fully saturated rings. The average Bonchev–Trinajstić information content (AvgIpc) is 2.91. The Hall–Kier alpha value is -2.45. The number of hydrogen-bond donors (Lipinski definition) is 1. The molecule has 0 unspecified atom stereocenters. The molecule has 3 rings (SSSR count). The predicted octanol–water partition coefficient (Wildman–Crippen LogP) is 3.34. The Morgan fingerprint density at radius 1 is 1.22 bits per heavy atom. The number of nitrogens with zero attached hydrogens (tertiary/aromatic N) is 2. The topological polar surface area (TPSA) is 117 Å². The number of carbonyl (C=O) groups is 2. The molecule has 11 heteroatoms. The maximum Gasteiger partial charge on any atom is 0.321 e. The van der Waals surface area contributed by atoms with Crippen LogP contribution in [0.1, 0.15) is 35.3 Å². The van der Waals surface area contributed by atoms with Crippen molar-refractivity contribution in [1.82, 2.24) is 4.31 Å². The van der Waals surface area contributed by atoms with Crippen LogP contribution >= 0.6 is 22.9 Å². The number of aryl methyl sites for hydroxylation is 1. The van der Waals surface area contributed by atoms with Crippen molar-refractivity contribution >= 4 is 49.8 Å². The highest BCUT2D eigenvalue weighted by Crippen LogP contribution is 2.36. The molecule has 1 aromatic heterocycles. The Morgan fingerprint density at radius 3 is 2.59 bits per heavy atom. The Labute approximate surface area is 195 Å². The second-order valence-corrected chi connectivity index (χ2v) is 10.9. The molecule has 0 aliphatic heterocycles. The Bertz CT molecular complexity index is 1150. The number of anilines is 1. The minimum atomic E-state index is -3.91. The molecule has 2 aromatic rings. The zero-order chi connectivity index (χ0) is 23.3. The van der Waals surface area contributed by atoms with Gasteiger partial charge in [0.05, 0.1) is 10.5 Å². The van der Waals surface area contributed by atoms with Crippen LogP contribution in [-0.4, -0.2) is 44.8 Å². The fraction of sp³-hybridized carbons (Fsp3) is 0.381. The van der Waals surface area contributed by atoms with Crippen LogP contribution in [0.5, 0.6) is 0 Å². The van der Waals surface area contributed by atoms with Gasteiger partial charge >= 0.3 is 5.97 Å². The number of hydrogen-bond acceptors (Lipinski definition) is 7. The largest absolute Gasteiger partial charge is 0.455 e. The molecule has 8 nitrogen and oxygen atoms in total. The lowest BCUT2D eigenvalue weighted by Crippen LogP contribution is -2.34. The van der Waals surface area contributed by atoms with Crippen molar-refractivity contribution < 1.29 is 22.7 Å². The van der Waals surface area contributed by atoms with E-state index >= 15 is 0 Å². The summed E-state index contributed by atoms with van der Waals surface area (Å²) in [6, 6.07) is 7.71. The van der Waals surface area contributed by atoms with Crippen LogP contribution < -0.4 is 5.32 Å². The number of amides is 1. The molecule has 1 aromatic carbocycles. The van der Waals surface area contributed by atoms with Gasteiger partial charge in [-0.3, -0.25) is 9.59 Å². The van der Waals surface area contributed by atoms with Gasteiger partial charge in [0.15, 0.2) is 6.61 Å². The summed E-state index contributed by atoms with van der Waals surface area (Å²) in [5.74, 6) is -1.46. The van der Waals surface area contributed by atoms with Crippen LogP contribution in [0, 0.1) is 11.3 Å². The summed E-state index contributed by atoms with van der Waals surface area (Å²) in [4.78, 5) is 25.4. The number of nitriles is 1. The summed E-state index contributed by atoms with van der Waals surface area (Å²) < 4.78 is 30.8. The quantitative estimate of drug-likeness (QED) is 0.465. The molecule has 0 bridgehead atoms. The second-order valence-electron chi connectivity index (χ2n) is 7.30. The van der Waals surface area contributed by atoms with Crippen LogP contribution in [0.4, 0.5) is 5.00 Å². The first-order chi connectivity index (χ1) is 15.2. The standard InChI is InChI=1S/C21H22ClN3O5S2/c1-25(32(28,29)15-9-7-14(22)8-10-15)12-20(27)30-13-19(26)24-21-17(11-23)16-5-3-2-4-6-18(16)31-21/h7-10H,2-6,12-13H2,1H3,(H,24,26). The number of rotatable bonds is 7. The number of fused-ring (bicyclic) bond motifs is 1. The number of esters is 1. The van der Waals surface area contributed by atoms with Crippen LogP contribution in [0.3, 0.4) is 0 Å². The zero-order valence-corrected chi connectivity index (χ0v) is 19.8. The number of benzene rings is 1. The number of ether oxygens (including phenoxy) is 1. The van der Waals surface area contributed by atoms with Gasteiger partial charge in [0.1, 0.15) is 17.6 Å². The van der Waals surface area contributed by atoms with E-state index in [-0.39, 0.29) is 4.90 Å². The summed E-state index contributed by atoms with van der Waals surface area (Å²) in [7, 11) is -2.67. The van der Waals surface area contributed by atoms with E-state index in [4.69, 9.17) is 16.3 Å². The van der Waals surface area contributed by atoms with E-state index in [0.29, 0.717) is 15.6 Å². The lowest BCUT2D eigenvalue weighted by molar-refractivity contribution is -0.147. The van der Waals surface area contributed by atoms with Gasteiger partial charge in [0, 0.05) is 16.9 Å². The van der Waals surface area contributed by atoms with Gasteiger partial charge in [-0.15, -0.1) is 11.3 Å². The van der Waals surface area contributed by atoms with Gasteiger partial charge < -0.3 is 10.1 Å². The first kappa shape index (κ1) is 24.2. The first-order valence-corrected chi connectivity index (χ1v) is 12.6. The molecule has 0 radical (unpaired) electrons. The third-order valence-electron chi connectivity index (χ3n) is 5.02. The highest BCUT2D eigenvalue weighted by molar-refractivity contribution is 7.89. The number of likely N-dealkylation sites (N-methyl/N-ethyl adjacent to an activating group) is 1. The molecule has 1 heterocycles. The van der Waals surface area contributed by atoms with Crippen LogP contribution in [-0.2, 0) is 37.2 Å². The van der Waals surface area contributed by atoms with Crippen LogP contribution in [0.2, 0.25) is 5.02 Å². The van der Waals surface area contributed by atoms with E-state index in [1.807, 2.05) is 0 Å². The highest BCUT2D eigenvalue weighted by Gasteiger charge is 2.25. The molecule has 0 spiro atoms. The second kappa shape index (κ2) is 10.4. The summed E-state index contributed by atoms with van der Waals surface area (Å²) >= 11 is 7.16. The van der Waals surface area contributed by atoms with Crippen molar-refractivity contribution in [2.45, 2.75) is 37.0 Å². The summed E-state index contributed by atoms with van der Waals surface area (Å²) in [5, 5.41) is 13.0. The van der Waals surface area contributed by atoms with E-state index in [1.165, 1.54) is 42.6 Å². The highest BCUT2D eigenvalue weighted by atomic mass is 35.5. The minimum Gasteiger partial charge on any atom is -0.455 e. The number of halogens is 1. The van der Waals surface area contributed by atoms with Gasteiger partial charge in [-0.25, -0.2) is 8.42 Å². The number of carbonyl (C=O) groups excluding carboxylic acids is 2. The molecular weight excluding hydrogens is 474 g/mol. The third-order valence-corrected chi connectivity index (χ3v) is 8.30. The van der Waals surface area contributed by atoms with Crippen molar-refractivity contribution in [3.8, 4) is 6.07 Å². The van der Waals surface area contributed by atoms with Crippen molar-refractivity contribution in [3.05, 3.63) is 45.3 Å². The van der Waals surface area contributed by atoms with E-state index in [9.17, 15) is 23.3 Å². The summed E-state index contributed by atoms with van der Waals surface area (Å²) in [5.41, 5.74) is 1.47. The normalized spacial score (nSPS) is 13.7. The maximum absolute atomic E-state index is 12.5. The fourth-order valence-corrected chi connectivity index (χ4v) is 5.85. The van der Waals surface area contributed by atoms with Gasteiger partial charge in [0.2, 0.25) is 10.0 Å². The van der Waals surface area contributed by atoms with E-state index in [0.717, 1.165) is 46.8 Å². The predicted molar refractivity (Wildman–Crippen MR) is 121 cm³/mol. The fourth-order valence-electron chi connectivity index (χ4n) is 3.36. The molecule has 1 aliphatic carbocycles. The zero-order valence-electron chi connectivity index (χ0n) is 17.4. The Morgan fingerprint density at radius 2 is 1.91 bits per heavy atom. The van der Waals surface area contributed by atoms with Crippen molar-refractivity contribution in [1.29, 1.82) is 5.26 Å². The van der Waals surface area contributed by atoms with E-state index in [2.05, 4.69) is 11.4 Å². The summed E-state index contributed by atoms with van der Waals surface area (Å²) in [6.07, 6.45) is 4.87. The van der Waals surface area contributed by atoms with Crippen molar-refractivity contribution in [3.63, 3.8) is 0 Å². The van der Waals surface area contributed by atoms with Gasteiger partial charge in [-0.05, 0) is 55.5 Å². The molecule has 1 aliphatic rings. The number of sulfonamides is 1. The average molecular weight is 496 g/mol. The van der Waals surface area contributed by atoms with Gasteiger partial charge in [-0.2, -0.15) is 9.57 Å². The first-order valence-electron chi connectivity index (χ1n) is 9.94. The number of thiophene rings is 1. The molecule has 0 saturated carbocycles.